The summed E-state index contributed by atoms with van der Waals surface area (Å²) < 4.78 is 76.3. The Hall–Kier alpha value is -14.9. The lowest BCUT2D eigenvalue weighted by atomic mass is 9.95. The maximum absolute atomic E-state index is 13.8. The van der Waals surface area contributed by atoms with Crippen LogP contribution in [0.1, 0.15) is 159 Å². The average Bonchev–Trinajstić information content (AvgIpc) is 1.51. The Morgan fingerprint density at radius 2 is 0.819 bits per heavy atom. The van der Waals surface area contributed by atoms with E-state index in [1.807, 2.05) is 68.1 Å². The lowest BCUT2D eigenvalue weighted by Crippen LogP contribution is -2.51. The number of benzene rings is 9. The number of piperazine rings is 2. The van der Waals surface area contributed by atoms with E-state index in [1.165, 1.54) is 111 Å². The van der Waals surface area contributed by atoms with E-state index < -0.39 is 45.4 Å². The number of pyridine rings is 4. The van der Waals surface area contributed by atoms with E-state index in [2.05, 4.69) is 25.3 Å². The fourth-order valence-electron chi connectivity index (χ4n) is 18.3. The lowest BCUT2D eigenvalue weighted by molar-refractivity contribution is -0.132. The number of phenols is 4. The molecule has 6 aliphatic heterocycles. The third-order valence-electron chi connectivity index (χ3n) is 25.0. The highest BCUT2D eigenvalue weighted by Crippen LogP contribution is 2.63. The van der Waals surface area contributed by atoms with Crippen molar-refractivity contribution in [3.8, 4) is 40.2 Å². The Kier molecular flexibility index (Phi) is 27.6. The van der Waals surface area contributed by atoms with Crippen LogP contribution < -0.4 is 19.5 Å². The van der Waals surface area contributed by atoms with E-state index in [1.54, 1.807) is 129 Å². The molecular weight excluding hydrogens is 1810 g/mol. The average molecular weight is 1910 g/mol. The van der Waals surface area contributed by atoms with E-state index in [9.17, 15) is 76.3 Å². The number of carbonyl (C=O) groups is 8. The Balaban J connectivity index is 0.000000129. The van der Waals surface area contributed by atoms with Crippen LogP contribution in [0.5, 0.6) is 40.2 Å². The Morgan fingerprint density at radius 3 is 1.25 bits per heavy atom. The number of ether oxygens (including phenoxy) is 4. The third kappa shape index (κ3) is 18.9. The van der Waals surface area contributed by atoms with Gasteiger partial charge in [0, 0.05) is 159 Å². The highest BCUT2D eigenvalue weighted by atomic mass is 32.2. The molecule has 10 heterocycles. The molecule has 34 heteroatoms. The first-order valence-electron chi connectivity index (χ1n) is 44.7. The summed E-state index contributed by atoms with van der Waals surface area (Å²) in [7, 11) is 4.61. The van der Waals surface area contributed by atoms with Gasteiger partial charge in [0.15, 0.2) is 23.0 Å². The van der Waals surface area contributed by atoms with Gasteiger partial charge in [0.1, 0.15) is 78.9 Å². The van der Waals surface area contributed by atoms with Gasteiger partial charge < -0.3 is 74.1 Å². The standard InChI is InChI=1S/C31H35FN4O6S.C26H27FN4O4S.C26H17FN2O3.C21H17FN2O3/c1-31(2,3)42-30(40)35-15-13-34(14-16-35)22(37)11-17-43-29-24-23(26(38)25-21(27(24)41-4)6-5-12-33-25)28(39)36(29)18-19-7-9-20(32)10-8-19;1-35-24-18-3-2-9-29-22(18)23(33)20-21(24)26(36-14-8-19(32)30-12-10-28-11-13-30)31(25(20)34)15-16-4-6-17(27)7-5-16;27-18-11-8-17(9-12-18)15-29-25(31)21-19(13-10-16-5-2-1-3-6-16)20-7-4-14-28-23(20)24(30)22(21)26(29)32;1-27-19-14-3-2-10-23-17(14)18(25)15-16(19)21(8-9-21)24(20(15)26)11-12-4-6-13(22)7-5-12/h5-10,12,29,38H,11,13-18H2,1-4H3;2-7,9,26,28,33H,8,10-15H2,1H3;1-14,30H,15H2;2-7,10,25H,8-9,11H2,1H3/b;;13-10+;. The molecule has 5 N–H and O–H groups in total. The summed E-state index contributed by atoms with van der Waals surface area (Å²) in [6, 6.07) is 47.3. The third-order valence-corrected chi connectivity index (χ3v) is 27.5. The number of hydrogen-bond donors (Lipinski definition) is 5. The monoisotopic (exact) mass is 1910 g/mol. The molecule has 2 unspecified atom stereocenters. The number of carbonyl (C=O) groups excluding carboxylic acids is 8. The Bertz CT molecular complexity index is 6970. The first kappa shape index (κ1) is 94.8. The molecule has 1 spiro atoms. The molecule has 708 valence electrons. The smallest absolute Gasteiger partial charge is 0.410 e. The molecule has 20 rings (SSSR count). The fraction of sp³-hybridized carbons (Fsp3) is 0.269. The summed E-state index contributed by atoms with van der Waals surface area (Å²) in [4.78, 5) is 134. The summed E-state index contributed by atoms with van der Waals surface area (Å²) >= 11 is 2.86. The highest BCUT2D eigenvalue weighted by molar-refractivity contribution is 7.99. The number of rotatable bonds is 21. The molecule has 7 aliphatic rings. The largest absolute Gasteiger partial charge is 0.505 e. The second-order valence-electron chi connectivity index (χ2n) is 34.7. The van der Waals surface area contributed by atoms with Gasteiger partial charge in [-0.15, -0.1) is 23.5 Å². The van der Waals surface area contributed by atoms with Crippen LogP contribution in [-0.4, -0.2) is 213 Å². The number of halogens is 4. The zero-order chi connectivity index (χ0) is 97.1. The molecule has 0 bridgehead atoms. The quantitative estimate of drug-likeness (QED) is 0.0253. The van der Waals surface area contributed by atoms with E-state index in [0.29, 0.717) is 141 Å². The van der Waals surface area contributed by atoms with Crippen LogP contribution in [0.3, 0.4) is 0 Å². The van der Waals surface area contributed by atoms with Crippen molar-refractivity contribution in [3.05, 3.63) is 302 Å². The molecule has 0 radical (unpaired) electrons. The van der Waals surface area contributed by atoms with E-state index in [0.717, 1.165) is 53.1 Å². The number of fused-ring (bicyclic) bond motifs is 9. The summed E-state index contributed by atoms with van der Waals surface area (Å²) in [5, 5.41) is 48.6. The topological polar surface area (TPSA) is 341 Å². The zero-order valence-electron chi connectivity index (χ0n) is 76.0. The molecule has 2 saturated heterocycles. The summed E-state index contributed by atoms with van der Waals surface area (Å²) in [5.74, 6) is -1.97. The van der Waals surface area contributed by atoms with E-state index in [-0.39, 0.29) is 135 Å². The SMILES string of the molecule is COc1c2c(c(O)c3ncccc13)C(=O)N(Cc1ccc(F)cc1)C21CC1.COc1c2c(c(O)c3ncccc13)C(=O)N(Cc1ccc(F)cc1)C2SCCC(=O)N1CCN(C(=O)OC(C)(C)C)CC1.COc1c2c(c(O)c3ncccc13)C(=O)N(Cc1ccc(F)cc1)C2SCCC(=O)N1CCNCC1.O=C1c2c(c(O)c3ncccc3c2/C=C/c2ccccc2)C(=O)N1Cc1ccc(F)cc1. The second-order valence-corrected chi connectivity index (χ2v) is 37.1. The van der Waals surface area contributed by atoms with Crippen LogP contribution in [0.4, 0.5) is 22.4 Å². The van der Waals surface area contributed by atoms with E-state index >= 15 is 0 Å². The number of nitrogens with zero attached hydrogens (tertiary/aromatic N) is 11. The van der Waals surface area contributed by atoms with Crippen molar-refractivity contribution >= 4 is 127 Å². The molecule has 13 aromatic rings. The summed E-state index contributed by atoms with van der Waals surface area (Å²) in [6.45, 7) is 10.7. The summed E-state index contributed by atoms with van der Waals surface area (Å²) in [6.07, 6.45) is 11.6. The van der Waals surface area contributed by atoms with Gasteiger partial charge in [-0.05, 0) is 158 Å². The van der Waals surface area contributed by atoms with Crippen LogP contribution in [0.25, 0.3) is 55.8 Å². The van der Waals surface area contributed by atoms with Crippen molar-refractivity contribution < 1.29 is 95.3 Å². The number of phenolic OH excluding ortho intramolecular Hbond substituents is 4. The van der Waals surface area contributed by atoms with E-state index in [4.69, 9.17) is 18.9 Å². The number of nitrogens with one attached hydrogen (secondary N) is 1. The van der Waals surface area contributed by atoms with Crippen LogP contribution in [0, 0.1) is 23.3 Å². The van der Waals surface area contributed by atoms with Gasteiger partial charge in [0.2, 0.25) is 11.8 Å². The van der Waals surface area contributed by atoms with Gasteiger partial charge in [-0.2, -0.15) is 0 Å². The zero-order valence-corrected chi connectivity index (χ0v) is 77.7. The van der Waals surface area contributed by atoms with Gasteiger partial charge in [0.05, 0.1) is 61.2 Å². The second kappa shape index (κ2) is 40.2. The van der Waals surface area contributed by atoms with Gasteiger partial charge in [-0.1, -0.05) is 97.1 Å². The number of imide groups is 1. The molecule has 1 saturated carbocycles. The molecule has 138 heavy (non-hydrogen) atoms. The molecule has 3 fully saturated rings. The highest BCUT2D eigenvalue weighted by Gasteiger charge is 2.61. The van der Waals surface area contributed by atoms with Crippen LogP contribution in [0.2, 0.25) is 0 Å². The summed E-state index contributed by atoms with van der Waals surface area (Å²) in [5.41, 5.74) is 6.93. The Morgan fingerprint density at radius 1 is 0.435 bits per heavy atom. The minimum Gasteiger partial charge on any atom is -0.505 e. The lowest BCUT2D eigenvalue weighted by Gasteiger charge is -2.35. The van der Waals surface area contributed by atoms with Crippen molar-refractivity contribution in [1.29, 1.82) is 0 Å². The molecular formula is C104H96F4N12O16S2. The fourth-order valence-corrected chi connectivity index (χ4v) is 20.8. The van der Waals surface area contributed by atoms with Gasteiger partial charge in [-0.3, -0.25) is 58.4 Å². The minimum atomic E-state index is -0.603. The number of thioether (sulfide) groups is 2. The van der Waals surface area contributed by atoms with Crippen molar-refractivity contribution in [2.45, 2.75) is 94.5 Å². The number of aromatic nitrogens is 4. The molecule has 9 aromatic carbocycles. The maximum atomic E-state index is 13.8. The molecule has 4 aromatic heterocycles. The van der Waals surface area contributed by atoms with Crippen molar-refractivity contribution in [2.24, 2.45) is 0 Å². The predicted octanol–water partition coefficient (Wildman–Crippen LogP) is 17.0. The predicted molar refractivity (Wildman–Crippen MR) is 512 cm³/mol. The molecule has 2 atom stereocenters. The van der Waals surface area contributed by atoms with Gasteiger partial charge >= 0.3 is 6.09 Å². The van der Waals surface area contributed by atoms with Crippen LogP contribution in [0.15, 0.2) is 201 Å². The van der Waals surface area contributed by atoms with Crippen molar-refractivity contribution in [3.63, 3.8) is 0 Å². The van der Waals surface area contributed by atoms with Crippen molar-refractivity contribution in [2.75, 3.05) is 85.2 Å². The number of methoxy groups -OCH3 is 3. The minimum absolute atomic E-state index is 0.0301. The normalized spacial score (nSPS) is 16.2. The van der Waals surface area contributed by atoms with Gasteiger partial charge in [-0.25, -0.2) is 22.4 Å². The molecule has 1 aliphatic carbocycles. The van der Waals surface area contributed by atoms with Crippen LogP contribution in [-0.2, 0) is 46.0 Å². The van der Waals surface area contributed by atoms with Crippen LogP contribution >= 0.6 is 23.5 Å². The maximum Gasteiger partial charge on any atom is 0.410 e. The van der Waals surface area contributed by atoms with Crippen molar-refractivity contribution in [1.82, 2.24) is 59.6 Å². The number of hydrogen-bond acceptors (Lipinski definition) is 23. The van der Waals surface area contributed by atoms with Gasteiger partial charge in [0.25, 0.3) is 29.5 Å². The number of amides is 8. The first-order valence-corrected chi connectivity index (χ1v) is 46.8. The molecule has 8 amide bonds. The molecule has 28 nitrogen and oxygen atoms in total. The first-order chi connectivity index (χ1) is 66.6. The number of aromatic hydroxyl groups is 4. The Labute approximate surface area is 798 Å².